The van der Waals surface area contributed by atoms with Crippen molar-refractivity contribution in [2.75, 3.05) is 6.16 Å². The molecule has 2 heteroatoms. The van der Waals surface area contributed by atoms with Gasteiger partial charge in [0.2, 0.25) is 0 Å². The van der Waals surface area contributed by atoms with Crippen LogP contribution in [-0.4, -0.2) is 14.0 Å². The van der Waals surface area contributed by atoms with Crippen LogP contribution in [0.4, 0.5) is 0 Å². The van der Waals surface area contributed by atoms with E-state index in [0.29, 0.717) is 5.66 Å². The molecule has 0 spiro atoms. The number of hydrogen-bond donors (Lipinski definition) is 0. The van der Waals surface area contributed by atoms with Crippen LogP contribution in [-0.2, 0) is 5.06 Å². The molecule has 2 aromatic rings. The third-order valence-electron chi connectivity index (χ3n) is 4.49. The molecule has 1 heterocycles. The van der Waals surface area contributed by atoms with Crippen molar-refractivity contribution in [3.8, 4) is 0 Å². The molecule has 0 bridgehead atoms. The van der Waals surface area contributed by atoms with E-state index in [1.807, 2.05) is 0 Å². The zero-order valence-electron chi connectivity index (χ0n) is 12.0. The van der Waals surface area contributed by atoms with Gasteiger partial charge < -0.3 is 0 Å². The summed E-state index contributed by atoms with van der Waals surface area (Å²) in [5.74, 6) is 0. The van der Waals surface area contributed by atoms with Crippen molar-refractivity contribution in [3.63, 3.8) is 0 Å². The quantitative estimate of drug-likeness (QED) is 0.544. The molecular formula is C18H20BP. The minimum atomic E-state index is -0.227. The van der Waals surface area contributed by atoms with E-state index < -0.39 is 0 Å². The molecule has 2 radical (unpaired) electrons. The van der Waals surface area contributed by atoms with Crippen molar-refractivity contribution in [2.45, 2.75) is 30.5 Å². The number of benzene rings is 2. The summed E-state index contributed by atoms with van der Waals surface area (Å²) in [7, 11) is 6.67. The van der Waals surface area contributed by atoms with Crippen molar-refractivity contribution < 1.29 is 0 Å². The second-order valence-electron chi connectivity index (χ2n) is 5.54. The summed E-state index contributed by atoms with van der Waals surface area (Å²) in [6, 6.07) is 21.7. The molecule has 1 aliphatic heterocycles. The lowest BCUT2D eigenvalue weighted by molar-refractivity contribution is 0.725. The molecule has 100 valence electrons. The van der Waals surface area contributed by atoms with Crippen molar-refractivity contribution in [1.82, 2.24) is 0 Å². The summed E-state index contributed by atoms with van der Waals surface area (Å²) in [5, 5.41) is -0.105. The first-order valence-electron chi connectivity index (χ1n) is 7.42. The van der Waals surface area contributed by atoms with Gasteiger partial charge in [-0.2, -0.15) is 0 Å². The summed E-state index contributed by atoms with van der Waals surface area (Å²) in [6.07, 6.45) is 3.52. The molecule has 0 aliphatic carbocycles. The lowest BCUT2D eigenvalue weighted by Crippen LogP contribution is -2.21. The van der Waals surface area contributed by atoms with Crippen molar-refractivity contribution >= 4 is 15.8 Å². The van der Waals surface area contributed by atoms with Crippen LogP contribution in [0.15, 0.2) is 60.7 Å². The van der Waals surface area contributed by atoms with Crippen LogP contribution in [0.2, 0.25) is 0 Å². The molecule has 3 rings (SSSR count). The molecule has 2 aromatic carbocycles. The van der Waals surface area contributed by atoms with Gasteiger partial charge in [0.05, 0.1) is 7.85 Å². The van der Waals surface area contributed by atoms with Crippen LogP contribution < -0.4 is 0 Å². The summed E-state index contributed by atoms with van der Waals surface area (Å²) < 4.78 is 0. The van der Waals surface area contributed by atoms with Gasteiger partial charge in [0.25, 0.3) is 0 Å². The molecule has 0 aromatic heterocycles. The molecule has 0 nitrogen and oxygen atoms in total. The molecule has 0 saturated carbocycles. The van der Waals surface area contributed by atoms with Crippen LogP contribution in [0.1, 0.15) is 36.6 Å². The first-order chi connectivity index (χ1) is 9.75. The Bertz CT molecular complexity index is 554. The summed E-state index contributed by atoms with van der Waals surface area (Å²) in [6.45, 7) is 2.30. The second-order valence-corrected chi connectivity index (χ2v) is 8.53. The van der Waals surface area contributed by atoms with E-state index >= 15 is 0 Å². The molecule has 1 fully saturated rings. The lowest BCUT2D eigenvalue weighted by atomic mass is 9.76. The Morgan fingerprint density at radius 2 is 1.65 bits per heavy atom. The first-order valence-corrected chi connectivity index (χ1v) is 9.01. The van der Waals surface area contributed by atoms with Gasteiger partial charge in [0.15, 0.2) is 0 Å². The van der Waals surface area contributed by atoms with Crippen LogP contribution in [0.25, 0.3) is 0 Å². The van der Waals surface area contributed by atoms with E-state index in [0.717, 1.165) is 6.42 Å². The fourth-order valence-corrected chi connectivity index (χ4v) is 6.93. The molecular weight excluding hydrogens is 258 g/mol. The largest absolute Gasteiger partial charge is 0.0976 e. The average Bonchev–Trinajstić information content (AvgIpc) is 2.87. The molecule has 1 unspecified atom stereocenters. The predicted octanol–water partition coefficient (Wildman–Crippen LogP) is 5.04. The molecule has 1 aliphatic rings. The van der Waals surface area contributed by atoms with Gasteiger partial charge in [0.1, 0.15) is 0 Å². The normalized spacial score (nSPS) is 29.4. The van der Waals surface area contributed by atoms with Crippen LogP contribution in [0.3, 0.4) is 0 Å². The number of rotatable bonds is 3. The zero-order valence-corrected chi connectivity index (χ0v) is 12.9. The second kappa shape index (κ2) is 5.74. The molecule has 1 saturated heterocycles. The van der Waals surface area contributed by atoms with Gasteiger partial charge in [0, 0.05) is 5.66 Å². The van der Waals surface area contributed by atoms with Gasteiger partial charge in [-0.05, 0) is 35.2 Å². The highest BCUT2D eigenvalue weighted by atomic mass is 31.1. The van der Waals surface area contributed by atoms with Gasteiger partial charge in [-0.3, -0.25) is 0 Å². The predicted molar refractivity (Wildman–Crippen MR) is 89.8 cm³/mol. The van der Waals surface area contributed by atoms with Crippen LogP contribution >= 0.6 is 7.92 Å². The highest BCUT2D eigenvalue weighted by Crippen LogP contribution is 2.71. The Morgan fingerprint density at radius 3 is 2.25 bits per heavy atom. The minimum absolute atomic E-state index is 0.105. The molecule has 20 heavy (non-hydrogen) atoms. The standard InChI is InChI=1S/C18H20BP/c1-2-20-17(15-9-5-3-6-10-15)13-14-18(20,19)16-11-7-4-8-12-16/h3-12,17H,2,13-14H2,1H3/t17-,18-,20?/m1/s1. The van der Waals surface area contributed by atoms with E-state index in [1.54, 1.807) is 0 Å². The van der Waals surface area contributed by atoms with Gasteiger partial charge in [-0.25, -0.2) is 0 Å². The molecule has 3 atom stereocenters. The third-order valence-corrected chi connectivity index (χ3v) is 7.98. The van der Waals surface area contributed by atoms with E-state index in [4.69, 9.17) is 7.85 Å². The summed E-state index contributed by atoms with van der Waals surface area (Å²) in [5.41, 5.74) is 3.46. The summed E-state index contributed by atoms with van der Waals surface area (Å²) >= 11 is 0. The Kier molecular flexibility index (Phi) is 3.99. The molecule has 0 amide bonds. The summed E-state index contributed by atoms with van der Waals surface area (Å²) in [4.78, 5) is 0. The lowest BCUT2D eigenvalue weighted by Gasteiger charge is -2.35. The number of hydrogen-bond acceptors (Lipinski definition) is 0. The Morgan fingerprint density at radius 1 is 1.05 bits per heavy atom. The van der Waals surface area contributed by atoms with Gasteiger partial charge >= 0.3 is 0 Å². The van der Waals surface area contributed by atoms with Crippen LogP contribution in [0.5, 0.6) is 0 Å². The van der Waals surface area contributed by atoms with Crippen molar-refractivity contribution in [2.24, 2.45) is 0 Å². The van der Waals surface area contributed by atoms with E-state index in [2.05, 4.69) is 67.6 Å². The van der Waals surface area contributed by atoms with Crippen LogP contribution in [0, 0.1) is 0 Å². The monoisotopic (exact) mass is 278 g/mol. The maximum Gasteiger partial charge on any atom is 0.0874 e. The third kappa shape index (κ3) is 2.33. The Labute approximate surface area is 124 Å². The zero-order chi connectivity index (χ0) is 14.0. The maximum absolute atomic E-state index is 6.89. The van der Waals surface area contributed by atoms with E-state index in [1.165, 1.54) is 23.7 Å². The maximum atomic E-state index is 6.89. The smallest absolute Gasteiger partial charge is 0.0874 e. The Balaban J connectivity index is 1.96. The fourth-order valence-electron chi connectivity index (χ4n) is 3.50. The van der Waals surface area contributed by atoms with Gasteiger partial charge in [-0.1, -0.05) is 75.5 Å². The highest BCUT2D eigenvalue weighted by molar-refractivity contribution is 7.61. The fraction of sp³-hybridized carbons (Fsp3) is 0.333. The van der Waals surface area contributed by atoms with E-state index in [9.17, 15) is 0 Å². The van der Waals surface area contributed by atoms with Crippen molar-refractivity contribution in [3.05, 3.63) is 71.8 Å². The van der Waals surface area contributed by atoms with Crippen molar-refractivity contribution in [1.29, 1.82) is 0 Å². The molecule has 0 N–H and O–H groups in total. The Hall–Kier alpha value is -1.07. The van der Waals surface area contributed by atoms with Gasteiger partial charge in [-0.15, -0.1) is 0 Å². The topological polar surface area (TPSA) is 0 Å². The minimum Gasteiger partial charge on any atom is -0.0976 e. The first kappa shape index (κ1) is 13.9. The SMILES string of the molecule is [B][C@]1(c2ccccc2)CC[C@H](c2ccccc2)P1CC. The average molecular weight is 278 g/mol. The van der Waals surface area contributed by atoms with E-state index in [-0.39, 0.29) is 13.0 Å². The highest BCUT2D eigenvalue weighted by Gasteiger charge is 2.44.